The first-order chi connectivity index (χ1) is 15.0. The van der Waals surface area contributed by atoms with Gasteiger partial charge in [0.05, 0.1) is 16.6 Å². The summed E-state index contributed by atoms with van der Waals surface area (Å²) < 4.78 is 0. The molecule has 0 aliphatic carbocycles. The Labute approximate surface area is 190 Å². The molecule has 1 N–H and O–H groups in total. The Hall–Kier alpha value is -3.18. The van der Waals surface area contributed by atoms with Crippen LogP contribution >= 0.6 is 23.2 Å². The van der Waals surface area contributed by atoms with Crippen molar-refractivity contribution in [1.29, 1.82) is 0 Å². The highest BCUT2D eigenvalue weighted by Crippen LogP contribution is 2.21. The highest BCUT2D eigenvalue weighted by atomic mass is 35.5. The molecule has 156 valence electrons. The highest BCUT2D eigenvalue weighted by Gasteiger charge is 2.16. The van der Waals surface area contributed by atoms with Crippen LogP contribution in [0.25, 0.3) is 0 Å². The van der Waals surface area contributed by atoms with Gasteiger partial charge in [0, 0.05) is 22.9 Å². The molecule has 4 nitrogen and oxygen atoms in total. The lowest BCUT2D eigenvalue weighted by atomic mass is 10.0. The van der Waals surface area contributed by atoms with E-state index in [1.165, 1.54) is 18.4 Å². The number of carbonyl (C=O) groups excluding carboxylic acids is 2. The van der Waals surface area contributed by atoms with Gasteiger partial charge < -0.3 is 0 Å². The molecule has 0 atom stereocenters. The first-order valence-corrected chi connectivity index (χ1v) is 10.2. The maximum absolute atomic E-state index is 13.1. The molecule has 3 rings (SSSR count). The topological polar surface area (TPSA) is 57.6 Å². The Balaban J connectivity index is 1.92. The van der Waals surface area contributed by atoms with Gasteiger partial charge in [0.2, 0.25) is 0 Å². The van der Waals surface area contributed by atoms with Crippen molar-refractivity contribution in [3.05, 3.63) is 130 Å². The van der Waals surface area contributed by atoms with Gasteiger partial charge in [-0.15, -0.1) is 0 Å². The monoisotopic (exact) mass is 451 g/mol. The molecular weight excluding hydrogens is 433 g/mol. The fourth-order valence-corrected chi connectivity index (χ4v) is 3.32. The van der Waals surface area contributed by atoms with Crippen molar-refractivity contribution in [2.45, 2.75) is 6.54 Å². The fourth-order valence-electron chi connectivity index (χ4n) is 2.87. The zero-order valence-corrected chi connectivity index (χ0v) is 17.9. The van der Waals surface area contributed by atoms with Crippen LogP contribution < -0.4 is 0 Å². The Bertz CT molecular complexity index is 1140. The Morgan fingerprint density at radius 1 is 0.774 bits per heavy atom. The summed E-state index contributed by atoms with van der Waals surface area (Å²) in [5.74, 6) is -0.795. The standard InChI is InChI=1S/C25H19Cl2NO3/c26-22-12-6-4-10-20(22)24(29)15-14-19(25(30)21-11-5-7-13-23(21)27)17-28(31)16-18-8-2-1-3-9-18/h1-15,17,31H,16H2/b15-14+,19-17+. The second-order valence-corrected chi connectivity index (χ2v) is 7.47. The quantitative estimate of drug-likeness (QED) is 0.186. The van der Waals surface area contributed by atoms with E-state index in [1.807, 2.05) is 30.3 Å². The summed E-state index contributed by atoms with van der Waals surface area (Å²) in [4.78, 5) is 25.7. The van der Waals surface area contributed by atoms with E-state index in [0.717, 1.165) is 10.6 Å². The lowest BCUT2D eigenvalue weighted by Crippen LogP contribution is -2.14. The summed E-state index contributed by atoms with van der Waals surface area (Å²) in [6.45, 7) is 0.159. The maximum atomic E-state index is 13.1. The van der Waals surface area contributed by atoms with Crippen molar-refractivity contribution in [1.82, 2.24) is 5.06 Å². The van der Waals surface area contributed by atoms with Crippen LogP contribution in [-0.2, 0) is 6.54 Å². The Morgan fingerprint density at radius 2 is 1.32 bits per heavy atom. The number of hydrogen-bond acceptors (Lipinski definition) is 4. The minimum atomic E-state index is -0.430. The van der Waals surface area contributed by atoms with Crippen LogP contribution in [-0.4, -0.2) is 21.8 Å². The van der Waals surface area contributed by atoms with Crippen molar-refractivity contribution in [2.24, 2.45) is 0 Å². The summed E-state index contributed by atoms with van der Waals surface area (Å²) in [6.07, 6.45) is 3.87. The number of hydroxylamine groups is 2. The predicted molar refractivity (Wildman–Crippen MR) is 123 cm³/mol. The smallest absolute Gasteiger partial charge is 0.196 e. The molecule has 3 aromatic carbocycles. The third-order valence-corrected chi connectivity index (χ3v) is 5.07. The molecule has 0 radical (unpaired) electrons. The molecule has 0 saturated heterocycles. The largest absolute Gasteiger partial charge is 0.289 e. The Kier molecular flexibility index (Phi) is 7.79. The molecule has 0 aromatic heterocycles. The molecule has 0 unspecified atom stereocenters. The van der Waals surface area contributed by atoms with Crippen LogP contribution in [0.5, 0.6) is 0 Å². The van der Waals surface area contributed by atoms with Gasteiger partial charge in [0.25, 0.3) is 0 Å². The minimum absolute atomic E-state index is 0.0898. The van der Waals surface area contributed by atoms with Gasteiger partial charge in [-0.2, -0.15) is 0 Å². The molecule has 0 heterocycles. The fraction of sp³-hybridized carbons (Fsp3) is 0.0400. The van der Waals surface area contributed by atoms with Crippen molar-refractivity contribution < 1.29 is 14.8 Å². The number of rotatable bonds is 8. The summed E-state index contributed by atoms with van der Waals surface area (Å²) >= 11 is 12.3. The van der Waals surface area contributed by atoms with Crippen molar-refractivity contribution in [2.75, 3.05) is 0 Å². The Morgan fingerprint density at radius 3 is 1.94 bits per heavy atom. The maximum Gasteiger partial charge on any atom is 0.196 e. The molecule has 0 saturated carbocycles. The summed E-state index contributed by atoms with van der Waals surface area (Å²) in [5, 5.41) is 11.9. The van der Waals surface area contributed by atoms with Gasteiger partial charge in [-0.3, -0.25) is 19.9 Å². The lowest BCUT2D eigenvalue weighted by molar-refractivity contribution is -0.0496. The van der Waals surface area contributed by atoms with Crippen molar-refractivity contribution >= 4 is 34.8 Å². The number of benzene rings is 3. The van der Waals surface area contributed by atoms with E-state index < -0.39 is 5.78 Å². The molecule has 31 heavy (non-hydrogen) atoms. The first-order valence-electron chi connectivity index (χ1n) is 9.43. The summed E-state index contributed by atoms with van der Waals surface area (Å²) in [7, 11) is 0. The number of allylic oxidation sites excluding steroid dienone is 3. The van der Waals surface area contributed by atoms with Crippen LogP contribution in [0, 0.1) is 0 Å². The van der Waals surface area contributed by atoms with Crippen LogP contribution in [0.2, 0.25) is 10.0 Å². The molecule has 0 bridgehead atoms. The van der Waals surface area contributed by atoms with Gasteiger partial charge in [-0.25, -0.2) is 0 Å². The van der Waals surface area contributed by atoms with E-state index in [1.54, 1.807) is 48.5 Å². The molecular formula is C25H19Cl2NO3. The number of ketones is 2. The van der Waals surface area contributed by atoms with E-state index in [0.29, 0.717) is 10.6 Å². The average Bonchev–Trinajstić information content (AvgIpc) is 2.77. The van der Waals surface area contributed by atoms with Crippen molar-refractivity contribution in [3.63, 3.8) is 0 Å². The number of Topliss-reactive ketones (excluding diaryl/α,β-unsaturated/α-hetero) is 1. The minimum Gasteiger partial charge on any atom is -0.289 e. The average molecular weight is 452 g/mol. The second kappa shape index (κ2) is 10.7. The number of hydrogen-bond donors (Lipinski definition) is 1. The van der Waals surface area contributed by atoms with Gasteiger partial charge in [-0.1, -0.05) is 77.8 Å². The number of nitrogens with zero attached hydrogens (tertiary/aromatic N) is 1. The molecule has 0 aliphatic heterocycles. The van der Waals surface area contributed by atoms with Gasteiger partial charge in [0.15, 0.2) is 11.6 Å². The third-order valence-electron chi connectivity index (χ3n) is 4.41. The van der Waals surface area contributed by atoms with E-state index in [2.05, 4.69) is 0 Å². The van der Waals surface area contributed by atoms with Crippen LogP contribution in [0.4, 0.5) is 0 Å². The van der Waals surface area contributed by atoms with Crippen LogP contribution in [0.3, 0.4) is 0 Å². The summed E-state index contributed by atoms with van der Waals surface area (Å²) in [5.41, 5.74) is 1.52. The molecule has 0 spiro atoms. The molecule has 6 heteroatoms. The van der Waals surface area contributed by atoms with Gasteiger partial charge in [-0.05, 0) is 42.0 Å². The zero-order valence-electron chi connectivity index (χ0n) is 16.4. The number of carbonyl (C=O) groups is 2. The highest BCUT2D eigenvalue weighted by molar-refractivity contribution is 6.35. The third kappa shape index (κ3) is 6.15. The van der Waals surface area contributed by atoms with Crippen LogP contribution in [0.1, 0.15) is 26.3 Å². The van der Waals surface area contributed by atoms with E-state index in [4.69, 9.17) is 23.2 Å². The normalized spacial score (nSPS) is 11.5. The van der Waals surface area contributed by atoms with E-state index >= 15 is 0 Å². The predicted octanol–water partition coefficient (Wildman–Crippen LogP) is 6.39. The first kappa shape index (κ1) is 22.5. The van der Waals surface area contributed by atoms with Gasteiger partial charge in [0.1, 0.15) is 0 Å². The van der Waals surface area contributed by atoms with Crippen LogP contribution in [0.15, 0.2) is 103 Å². The number of halogens is 2. The SMILES string of the molecule is O=C(/C=C/C(=C\N(O)Cc1ccccc1)C(=O)c1ccccc1Cl)c1ccccc1Cl. The van der Waals surface area contributed by atoms with Crippen molar-refractivity contribution in [3.8, 4) is 0 Å². The van der Waals surface area contributed by atoms with E-state index in [9.17, 15) is 14.8 Å². The summed E-state index contributed by atoms with van der Waals surface area (Å²) in [6, 6.07) is 22.5. The molecule has 0 amide bonds. The molecule has 3 aromatic rings. The zero-order chi connectivity index (χ0) is 22.2. The second-order valence-electron chi connectivity index (χ2n) is 6.65. The lowest BCUT2D eigenvalue weighted by Gasteiger charge is -2.14. The molecule has 0 aliphatic rings. The van der Waals surface area contributed by atoms with Gasteiger partial charge >= 0.3 is 0 Å². The van der Waals surface area contributed by atoms with E-state index in [-0.39, 0.29) is 28.5 Å². The molecule has 0 fully saturated rings.